The maximum atomic E-state index is 13.0. The van der Waals surface area contributed by atoms with Gasteiger partial charge < -0.3 is 9.15 Å². The van der Waals surface area contributed by atoms with Crippen LogP contribution in [0.2, 0.25) is 5.02 Å². The van der Waals surface area contributed by atoms with Crippen LogP contribution in [0.5, 0.6) is 0 Å². The molecule has 0 saturated heterocycles. The minimum absolute atomic E-state index is 0.0360. The Balaban J connectivity index is 2.02. The lowest BCUT2D eigenvalue weighted by Crippen LogP contribution is -2.46. The smallest absolute Gasteiger partial charge is 0.388 e. The van der Waals surface area contributed by atoms with E-state index in [0.29, 0.717) is 0 Å². The van der Waals surface area contributed by atoms with E-state index in [-0.39, 0.29) is 43.9 Å². The Labute approximate surface area is 162 Å². The van der Waals surface area contributed by atoms with Gasteiger partial charge in [-0.15, -0.1) is 5.10 Å². The van der Waals surface area contributed by atoms with Crippen molar-refractivity contribution >= 4 is 50.9 Å². The van der Waals surface area contributed by atoms with E-state index >= 15 is 0 Å². The zero-order valence-corrected chi connectivity index (χ0v) is 16.3. The Kier molecular flexibility index (Phi) is 5.09. The van der Waals surface area contributed by atoms with Gasteiger partial charge in [0.15, 0.2) is 11.0 Å². The Hall–Kier alpha value is -2.62. The Bertz CT molecular complexity index is 1110. The van der Waals surface area contributed by atoms with Gasteiger partial charge in [0.2, 0.25) is 10.8 Å². The Morgan fingerprint density at radius 1 is 1.30 bits per heavy atom. The summed E-state index contributed by atoms with van der Waals surface area (Å²) >= 11 is 7.01. The molecule has 0 aliphatic heterocycles. The lowest BCUT2D eigenvalue weighted by Gasteiger charge is -2.21. The highest BCUT2D eigenvalue weighted by molar-refractivity contribution is 7.16. The summed E-state index contributed by atoms with van der Waals surface area (Å²) in [5.41, 5.74) is -0.244. The summed E-state index contributed by atoms with van der Waals surface area (Å²) in [6, 6.07) is 5.88. The monoisotopic (exact) mass is 408 g/mol. The van der Waals surface area contributed by atoms with Gasteiger partial charge in [0.25, 0.3) is 0 Å². The second-order valence-electron chi connectivity index (χ2n) is 5.96. The standard InChI is InChI=1S/C17H15ClN3O5S/c1-4-25-16(24)14-19-20-17(27-14)21(2,3)15(23)12-8-11(22)9-6-5-7-10(18)13(9)26-12/h5-8H,4H2,1-3H3/q+1. The van der Waals surface area contributed by atoms with Gasteiger partial charge in [0.05, 0.1) is 31.1 Å². The molecule has 0 bridgehead atoms. The van der Waals surface area contributed by atoms with Gasteiger partial charge in [0, 0.05) is 6.07 Å². The molecule has 3 rings (SSSR count). The molecule has 3 aromatic rings. The molecule has 0 fully saturated rings. The van der Waals surface area contributed by atoms with Gasteiger partial charge in [-0.1, -0.05) is 22.8 Å². The van der Waals surface area contributed by atoms with E-state index in [1.165, 1.54) is 0 Å². The number of amides is 1. The predicted octanol–water partition coefficient (Wildman–Crippen LogP) is 2.88. The summed E-state index contributed by atoms with van der Waals surface area (Å²) in [4.78, 5) is 37.1. The molecule has 27 heavy (non-hydrogen) atoms. The molecule has 140 valence electrons. The van der Waals surface area contributed by atoms with Crippen LogP contribution in [-0.4, -0.2) is 42.8 Å². The molecule has 1 amide bonds. The van der Waals surface area contributed by atoms with Crippen molar-refractivity contribution in [2.75, 3.05) is 20.7 Å². The fraction of sp³-hybridized carbons (Fsp3) is 0.235. The highest BCUT2D eigenvalue weighted by atomic mass is 35.5. The van der Waals surface area contributed by atoms with Crippen molar-refractivity contribution in [3.63, 3.8) is 0 Å². The first kappa shape index (κ1) is 19.2. The number of carbonyl (C=O) groups excluding carboxylic acids is 2. The minimum Gasteiger partial charge on any atom is -0.461 e. The summed E-state index contributed by atoms with van der Waals surface area (Å²) in [6.45, 7) is 1.88. The first-order valence-electron chi connectivity index (χ1n) is 7.88. The van der Waals surface area contributed by atoms with Crippen LogP contribution in [0, 0.1) is 0 Å². The summed E-state index contributed by atoms with van der Waals surface area (Å²) < 4.78 is 10.1. The molecule has 1 aromatic carbocycles. The molecular formula is C17H15ClN3O5S+. The van der Waals surface area contributed by atoms with E-state index in [1.54, 1.807) is 39.2 Å². The normalized spacial score (nSPS) is 11.6. The number of halogens is 1. The minimum atomic E-state index is -0.613. The van der Waals surface area contributed by atoms with Crippen LogP contribution in [0.15, 0.2) is 33.5 Å². The lowest BCUT2D eigenvalue weighted by molar-refractivity contribution is 0.0525. The van der Waals surface area contributed by atoms with Crippen LogP contribution in [0.3, 0.4) is 0 Å². The second-order valence-corrected chi connectivity index (χ2v) is 7.32. The van der Waals surface area contributed by atoms with E-state index in [1.807, 2.05) is 0 Å². The van der Waals surface area contributed by atoms with E-state index < -0.39 is 16.4 Å². The highest BCUT2D eigenvalue weighted by Crippen LogP contribution is 2.28. The fourth-order valence-electron chi connectivity index (χ4n) is 2.33. The molecule has 2 aromatic heterocycles. The number of nitrogens with zero attached hydrogens (tertiary/aromatic N) is 3. The maximum Gasteiger partial charge on any atom is 0.388 e. The van der Waals surface area contributed by atoms with E-state index in [9.17, 15) is 14.4 Å². The highest BCUT2D eigenvalue weighted by Gasteiger charge is 2.38. The number of aromatic nitrogens is 2. The van der Waals surface area contributed by atoms with Crippen molar-refractivity contribution in [3.05, 3.63) is 50.3 Å². The fourth-order valence-corrected chi connectivity index (χ4v) is 3.33. The summed E-state index contributed by atoms with van der Waals surface area (Å²) in [5.74, 6) is -1.32. The molecule has 0 aliphatic carbocycles. The van der Waals surface area contributed by atoms with Crippen molar-refractivity contribution in [1.82, 2.24) is 14.7 Å². The van der Waals surface area contributed by atoms with Crippen molar-refractivity contribution in [2.45, 2.75) is 6.92 Å². The molecule has 0 atom stereocenters. The SMILES string of the molecule is CCOC(=O)c1nnc([N+](C)(C)C(=O)c2cc(=O)c3cccc(Cl)c3o2)s1. The third-order valence-electron chi connectivity index (χ3n) is 3.77. The molecule has 0 spiro atoms. The molecule has 0 unspecified atom stereocenters. The number of carbonyl (C=O) groups is 2. The largest absolute Gasteiger partial charge is 0.461 e. The van der Waals surface area contributed by atoms with E-state index in [4.69, 9.17) is 20.8 Å². The number of esters is 1. The van der Waals surface area contributed by atoms with Crippen molar-refractivity contribution in [3.8, 4) is 0 Å². The predicted molar refractivity (Wildman–Crippen MR) is 101 cm³/mol. The molecule has 0 radical (unpaired) electrons. The van der Waals surface area contributed by atoms with Crippen molar-refractivity contribution in [1.29, 1.82) is 0 Å². The number of ether oxygens (including phenoxy) is 1. The Morgan fingerprint density at radius 3 is 2.74 bits per heavy atom. The third kappa shape index (κ3) is 3.48. The van der Waals surface area contributed by atoms with Crippen LogP contribution in [0.25, 0.3) is 11.0 Å². The second kappa shape index (κ2) is 7.18. The summed E-state index contributed by atoms with van der Waals surface area (Å²) in [7, 11) is 3.10. The quantitative estimate of drug-likeness (QED) is 0.483. The number of quaternary nitrogens is 1. The number of benzene rings is 1. The Morgan fingerprint density at radius 2 is 2.04 bits per heavy atom. The molecule has 10 heteroatoms. The van der Waals surface area contributed by atoms with Gasteiger partial charge >= 0.3 is 17.0 Å². The third-order valence-corrected chi connectivity index (χ3v) is 5.23. The number of para-hydroxylation sites is 1. The molecule has 8 nitrogen and oxygen atoms in total. The molecule has 0 saturated carbocycles. The van der Waals surface area contributed by atoms with Crippen LogP contribution in [0.1, 0.15) is 27.3 Å². The van der Waals surface area contributed by atoms with Gasteiger partial charge in [-0.25, -0.2) is 9.59 Å². The topological polar surface area (TPSA) is 99.4 Å². The molecule has 2 heterocycles. The molecular weight excluding hydrogens is 394 g/mol. The van der Waals surface area contributed by atoms with Crippen LogP contribution >= 0.6 is 22.9 Å². The van der Waals surface area contributed by atoms with Crippen LogP contribution in [-0.2, 0) is 4.74 Å². The van der Waals surface area contributed by atoms with Gasteiger partial charge in [-0.3, -0.25) is 4.79 Å². The van der Waals surface area contributed by atoms with Crippen LogP contribution < -0.4 is 9.91 Å². The zero-order chi connectivity index (χ0) is 19.8. The molecule has 0 aliphatic rings. The lowest BCUT2D eigenvalue weighted by atomic mass is 10.2. The first-order chi connectivity index (χ1) is 12.8. The van der Waals surface area contributed by atoms with Crippen molar-refractivity contribution in [2.24, 2.45) is 0 Å². The average Bonchev–Trinajstić information content (AvgIpc) is 3.13. The van der Waals surface area contributed by atoms with Gasteiger partial charge in [-0.2, -0.15) is 4.48 Å². The molecule has 0 N–H and O–H groups in total. The summed E-state index contributed by atoms with van der Waals surface area (Å²) in [5, 5.41) is 8.47. The number of rotatable bonds is 4. The zero-order valence-electron chi connectivity index (χ0n) is 14.7. The van der Waals surface area contributed by atoms with E-state index in [0.717, 1.165) is 17.4 Å². The number of hydrogen-bond acceptors (Lipinski definition) is 8. The number of hydrogen-bond donors (Lipinski definition) is 0. The average molecular weight is 409 g/mol. The van der Waals surface area contributed by atoms with Crippen LogP contribution in [0.4, 0.5) is 5.13 Å². The van der Waals surface area contributed by atoms with Crippen molar-refractivity contribution < 1.29 is 18.7 Å². The van der Waals surface area contributed by atoms with Gasteiger partial charge in [-0.05, 0) is 30.4 Å². The number of fused-ring (bicyclic) bond motifs is 1. The summed E-state index contributed by atoms with van der Waals surface area (Å²) in [6.07, 6.45) is 0. The maximum absolute atomic E-state index is 13.0. The first-order valence-corrected chi connectivity index (χ1v) is 9.07. The van der Waals surface area contributed by atoms with E-state index in [2.05, 4.69) is 10.2 Å². The van der Waals surface area contributed by atoms with Gasteiger partial charge in [0.1, 0.15) is 0 Å².